The van der Waals surface area contributed by atoms with Crippen molar-refractivity contribution in [1.82, 2.24) is 4.90 Å². The third-order valence-electron chi connectivity index (χ3n) is 5.15. The van der Waals surface area contributed by atoms with Gasteiger partial charge in [-0.1, -0.05) is 41.4 Å². The van der Waals surface area contributed by atoms with Gasteiger partial charge in [0.15, 0.2) is 0 Å². The quantitative estimate of drug-likeness (QED) is 0.607. The van der Waals surface area contributed by atoms with Crippen LogP contribution >= 0.6 is 11.6 Å². The summed E-state index contributed by atoms with van der Waals surface area (Å²) < 4.78 is 6.12. The molecule has 0 aromatic heterocycles. The smallest absolute Gasteiger partial charge is 0.304 e. The van der Waals surface area contributed by atoms with Crippen LogP contribution in [-0.2, 0) is 17.9 Å². The molecule has 0 atom stereocenters. The molecule has 1 aliphatic carbocycles. The summed E-state index contributed by atoms with van der Waals surface area (Å²) in [7, 11) is 0. The van der Waals surface area contributed by atoms with Crippen molar-refractivity contribution < 1.29 is 14.6 Å². The van der Waals surface area contributed by atoms with E-state index in [0.717, 1.165) is 35.3 Å². The number of benzene rings is 2. The van der Waals surface area contributed by atoms with Crippen LogP contribution < -0.4 is 4.74 Å². The van der Waals surface area contributed by atoms with E-state index in [0.29, 0.717) is 30.8 Å². The average Bonchev–Trinajstić information content (AvgIpc) is 3.16. The molecule has 2 aromatic rings. The topological polar surface area (TPSA) is 49.8 Å². The van der Waals surface area contributed by atoms with Crippen LogP contribution in [0.15, 0.2) is 42.5 Å². The van der Waals surface area contributed by atoms with Crippen molar-refractivity contribution in [2.45, 2.75) is 58.2 Å². The van der Waals surface area contributed by atoms with Crippen LogP contribution in [0.1, 0.15) is 48.8 Å². The molecule has 0 bridgehead atoms. The molecule has 0 aliphatic heterocycles. The predicted molar refractivity (Wildman–Crippen MR) is 112 cm³/mol. The monoisotopic (exact) mass is 401 g/mol. The van der Waals surface area contributed by atoms with Gasteiger partial charge in [-0.15, -0.1) is 0 Å². The fourth-order valence-electron chi connectivity index (χ4n) is 3.71. The Bertz CT molecular complexity index is 802. The molecule has 5 heteroatoms. The van der Waals surface area contributed by atoms with E-state index in [1.165, 1.54) is 12.8 Å². The molecule has 3 rings (SSSR count). The summed E-state index contributed by atoms with van der Waals surface area (Å²) in [6.45, 7) is 3.76. The lowest BCUT2D eigenvalue weighted by Crippen LogP contribution is -2.26. The molecule has 28 heavy (non-hydrogen) atoms. The number of aliphatic carboxylic acids is 1. The van der Waals surface area contributed by atoms with Crippen LogP contribution in [0.2, 0.25) is 5.02 Å². The van der Waals surface area contributed by atoms with Gasteiger partial charge < -0.3 is 9.84 Å². The predicted octanol–water partition coefficient (Wildman–Crippen LogP) is 5.45. The van der Waals surface area contributed by atoms with Gasteiger partial charge in [-0.2, -0.15) is 0 Å². The van der Waals surface area contributed by atoms with E-state index in [1.54, 1.807) is 0 Å². The Morgan fingerprint density at radius 1 is 1.18 bits per heavy atom. The lowest BCUT2D eigenvalue weighted by molar-refractivity contribution is -0.137. The Balaban J connectivity index is 1.71. The van der Waals surface area contributed by atoms with Crippen molar-refractivity contribution in [3.8, 4) is 5.75 Å². The second kappa shape index (κ2) is 9.94. The second-order valence-corrected chi connectivity index (χ2v) is 8.03. The first-order chi connectivity index (χ1) is 13.5. The summed E-state index contributed by atoms with van der Waals surface area (Å²) in [4.78, 5) is 13.2. The lowest BCUT2D eigenvalue weighted by Gasteiger charge is -2.23. The Labute approximate surface area is 172 Å². The van der Waals surface area contributed by atoms with Crippen LogP contribution in [0.3, 0.4) is 0 Å². The van der Waals surface area contributed by atoms with Crippen molar-refractivity contribution in [2.75, 3.05) is 6.54 Å². The van der Waals surface area contributed by atoms with E-state index in [9.17, 15) is 4.79 Å². The van der Waals surface area contributed by atoms with Gasteiger partial charge in [0.25, 0.3) is 0 Å². The summed E-state index contributed by atoms with van der Waals surface area (Å²) in [5, 5.41) is 9.84. The highest BCUT2D eigenvalue weighted by molar-refractivity contribution is 6.31. The number of hydrogen-bond donors (Lipinski definition) is 1. The zero-order valence-corrected chi connectivity index (χ0v) is 17.1. The number of carbonyl (C=O) groups is 1. The van der Waals surface area contributed by atoms with E-state index in [-0.39, 0.29) is 6.42 Å². The second-order valence-electron chi connectivity index (χ2n) is 7.62. The summed E-state index contributed by atoms with van der Waals surface area (Å²) in [5.41, 5.74) is 3.28. The number of hydrogen-bond acceptors (Lipinski definition) is 3. The molecule has 2 aromatic carbocycles. The number of carboxylic acid groups (broad SMARTS) is 1. The van der Waals surface area contributed by atoms with E-state index in [2.05, 4.69) is 23.1 Å². The van der Waals surface area contributed by atoms with Crippen LogP contribution in [-0.4, -0.2) is 28.6 Å². The third kappa shape index (κ3) is 6.25. The minimum Gasteiger partial charge on any atom is -0.490 e. The molecule has 1 fully saturated rings. The van der Waals surface area contributed by atoms with Gasteiger partial charge in [0, 0.05) is 24.7 Å². The number of nitrogens with zero attached hydrogens (tertiary/aromatic N) is 1. The molecule has 1 aliphatic rings. The summed E-state index contributed by atoms with van der Waals surface area (Å²) in [6, 6.07) is 14.1. The first-order valence-electron chi connectivity index (χ1n) is 9.94. The van der Waals surface area contributed by atoms with E-state index >= 15 is 0 Å². The number of carboxylic acids is 1. The van der Waals surface area contributed by atoms with Crippen molar-refractivity contribution in [2.24, 2.45) is 0 Å². The van der Waals surface area contributed by atoms with E-state index in [4.69, 9.17) is 21.4 Å². The molecule has 1 saturated carbocycles. The maximum absolute atomic E-state index is 11.1. The van der Waals surface area contributed by atoms with Gasteiger partial charge in [-0.3, -0.25) is 9.69 Å². The number of aryl methyl sites for hydroxylation is 1. The highest BCUT2D eigenvalue weighted by Crippen LogP contribution is 2.25. The van der Waals surface area contributed by atoms with Crippen LogP contribution in [0, 0.1) is 6.92 Å². The largest absolute Gasteiger partial charge is 0.490 e. The Kier molecular flexibility index (Phi) is 7.35. The molecule has 0 radical (unpaired) electrons. The maximum Gasteiger partial charge on any atom is 0.304 e. The van der Waals surface area contributed by atoms with Crippen molar-refractivity contribution in [1.29, 1.82) is 0 Å². The van der Waals surface area contributed by atoms with Gasteiger partial charge in [0.2, 0.25) is 0 Å². The minimum absolute atomic E-state index is 0.0989. The molecule has 0 saturated heterocycles. The number of rotatable bonds is 9. The molecule has 4 nitrogen and oxygen atoms in total. The Morgan fingerprint density at radius 2 is 1.96 bits per heavy atom. The summed E-state index contributed by atoms with van der Waals surface area (Å²) in [6.07, 6.45) is 5.16. The highest BCUT2D eigenvalue weighted by atomic mass is 35.5. The van der Waals surface area contributed by atoms with Crippen LogP contribution in [0.4, 0.5) is 0 Å². The highest BCUT2D eigenvalue weighted by Gasteiger charge is 2.17. The normalized spacial score (nSPS) is 14.5. The molecule has 1 N–H and O–H groups in total. The molecule has 0 unspecified atom stereocenters. The van der Waals surface area contributed by atoms with Crippen molar-refractivity contribution >= 4 is 17.6 Å². The van der Waals surface area contributed by atoms with Gasteiger partial charge in [0.05, 0.1) is 12.5 Å². The zero-order valence-electron chi connectivity index (χ0n) is 16.4. The lowest BCUT2D eigenvalue weighted by atomic mass is 10.1. The standard InChI is InChI=1S/C23H28ClNO3/c1-17-9-10-22(24)19(13-17)16-25(12-11-23(26)27)15-18-5-4-8-21(14-18)28-20-6-2-3-7-20/h4-5,8-10,13-14,20H,2-3,6-7,11-12,15-16H2,1H3,(H,26,27). The summed E-state index contributed by atoms with van der Waals surface area (Å²) >= 11 is 6.36. The summed E-state index contributed by atoms with van der Waals surface area (Å²) in [5.74, 6) is 0.106. The minimum atomic E-state index is -0.793. The first-order valence-corrected chi connectivity index (χ1v) is 10.3. The maximum atomic E-state index is 11.1. The molecular formula is C23H28ClNO3. The van der Waals surface area contributed by atoms with Crippen LogP contribution in [0.5, 0.6) is 5.75 Å². The Morgan fingerprint density at radius 3 is 2.71 bits per heavy atom. The van der Waals surface area contributed by atoms with E-state index < -0.39 is 5.97 Å². The van der Waals surface area contributed by atoms with Crippen molar-refractivity contribution in [3.05, 3.63) is 64.2 Å². The molecule has 150 valence electrons. The fourth-order valence-corrected chi connectivity index (χ4v) is 3.88. The molecule has 0 spiro atoms. The number of ether oxygens (including phenoxy) is 1. The molecule has 0 amide bonds. The number of halogens is 1. The SMILES string of the molecule is Cc1ccc(Cl)c(CN(CCC(=O)O)Cc2cccc(OC3CCCC3)c2)c1. The van der Waals surface area contributed by atoms with Gasteiger partial charge in [0.1, 0.15) is 5.75 Å². The van der Waals surface area contributed by atoms with Gasteiger partial charge >= 0.3 is 5.97 Å². The molecular weight excluding hydrogens is 374 g/mol. The molecule has 0 heterocycles. The average molecular weight is 402 g/mol. The zero-order chi connectivity index (χ0) is 19.9. The van der Waals surface area contributed by atoms with Gasteiger partial charge in [-0.25, -0.2) is 0 Å². The third-order valence-corrected chi connectivity index (χ3v) is 5.52. The van der Waals surface area contributed by atoms with Crippen LogP contribution in [0.25, 0.3) is 0 Å². The van der Waals surface area contributed by atoms with Crippen molar-refractivity contribution in [3.63, 3.8) is 0 Å². The fraction of sp³-hybridized carbons (Fsp3) is 0.435. The van der Waals surface area contributed by atoms with Gasteiger partial charge in [-0.05, 0) is 61.9 Å². The first kappa shape index (κ1) is 20.7. The van der Waals surface area contributed by atoms with E-state index in [1.807, 2.05) is 31.2 Å². The Hall–Kier alpha value is -2.04.